The normalized spacial score (nSPS) is 13.2. The van der Waals surface area contributed by atoms with Gasteiger partial charge in [-0.05, 0) is 25.0 Å². The molecule has 13 heavy (non-hydrogen) atoms. The molecule has 3 heteroatoms. The Hall–Kier alpha value is -0.0500. The summed E-state index contributed by atoms with van der Waals surface area (Å²) < 4.78 is 0.859. The SMILES string of the molecule is CCCCC(N)Cc1ccc(Cl)s1. The first-order valence-electron chi connectivity index (χ1n) is 4.72. The highest BCUT2D eigenvalue weighted by Crippen LogP contribution is 2.22. The molecule has 0 radical (unpaired) electrons. The lowest BCUT2D eigenvalue weighted by Crippen LogP contribution is -2.21. The van der Waals surface area contributed by atoms with Crippen LogP contribution in [-0.4, -0.2) is 6.04 Å². The number of hydrogen-bond donors (Lipinski definition) is 1. The molecule has 0 fully saturated rings. The van der Waals surface area contributed by atoms with Crippen molar-refractivity contribution >= 4 is 22.9 Å². The second-order valence-corrected chi connectivity index (χ2v) is 5.11. The minimum Gasteiger partial charge on any atom is -0.327 e. The highest BCUT2D eigenvalue weighted by molar-refractivity contribution is 7.16. The highest BCUT2D eigenvalue weighted by atomic mass is 35.5. The smallest absolute Gasteiger partial charge is 0.0931 e. The van der Waals surface area contributed by atoms with Crippen molar-refractivity contribution in [2.75, 3.05) is 0 Å². The average Bonchev–Trinajstić information content (AvgIpc) is 2.48. The number of rotatable bonds is 5. The first-order valence-corrected chi connectivity index (χ1v) is 5.91. The third-order valence-electron chi connectivity index (χ3n) is 2.02. The lowest BCUT2D eigenvalue weighted by Gasteiger charge is -2.08. The Morgan fingerprint density at radius 2 is 2.31 bits per heavy atom. The zero-order valence-electron chi connectivity index (χ0n) is 7.92. The fourth-order valence-electron chi connectivity index (χ4n) is 1.29. The summed E-state index contributed by atoms with van der Waals surface area (Å²) in [5, 5.41) is 0. The molecule has 0 aliphatic carbocycles. The van der Waals surface area contributed by atoms with E-state index in [1.54, 1.807) is 11.3 Å². The predicted octanol–water partition coefficient (Wildman–Crippen LogP) is 3.46. The maximum atomic E-state index is 5.96. The number of halogens is 1. The van der Waals surface area contributed by atoms with Crippen molar-refractivity contribution in [1.29, 1.82) is 0 Å². The van der Waals surface area contributed by atoms with E-state index in [0.717, 1.165) is 17.2 Å². The molecule has 0 amide bonds. The molecule has 2 N–H and O–H groups in total. The van der Waals surface area contributed by atoms with Crippen molar-refractivity contribution < 1.29 is 0 Å². The molecule has 0 saturated carbocycles. The molecule has 1 aromatic rings. The first-order chi connectivity index (χ1) is 6.22. The van der Waals surface area contributed by atoms with Crippen LogP contribution in [0.4, 0.5) is 0 Å². The molecule has 1 rings (SSSR count). The van der Waals surface area contributed by atoms with Crippen LogP contribution in [0.15, 0.2) is 12.1 Å². The van der Waals surface area contributed by atoms with Crippen LogP contribution in [0, 0.1) is 0 Å². The summed E-state index contributed by atoms with van der Waals surface area (Å²) in [6.45, 7) is 2.19. The molecule has 74 valence electrons. The minimum absolute atomic E-state index is 0.301. The van der Waals surface area contributed by atoms with E-state index in [9.17, 15) is 0 Å². The van der Waals surface area contributed by atoms with Gasteiger partial charge < -0.3 is 5.73 Å². The molecule has 1 atom stereocenters. The van der Waals surface area contributed by atoms with Crippen molar-refractivity contribution in [3.8, 4) is 0 Å². The van der Waals surface area contributed by atoms with Crippen LogP contribution in [0.25, 0.3) is 0 Å². The van der Waals surface area contributed by atoms with Gasteiger partial charge in [0.2, 0.25) is 0 Å². The summed E-state index contributed by atoms with van der Waals surface area (Å²) in [5.41, 5.74) is 5.96. The van der Waals surface area contributed by atoms with E-state index in [2.05, 4.69) is 13.0 Å². The zero-order chi connectivity index (χ0) is 9.68. The third-order valence-corrected chi connectivity index (χ3v) is 3.27. The number of hydrogen-bond acceptors (Lipinski definition) is 2. The van der Waals surface area contributed by atoms with Crippen LogP contribution in [0.3, 0.4) is 0 Å². The maximum absolute atomic E-state index is 5.96. The molecule has 0 aliphatic rings. The second kappa shape index (κ2) is 5.63. The van der Waals surface area contributed by atoms with E-state index in [-0.39, 0.29) is 0 Å². The predicted molar refractivity (Wildman–Crippen MR) is 60.5 cm³/mol. The topological polar surface area (TPSA) is 26.0 Å². The van der Waals surface area contributed by atoms with E-state index < -0.39 is 0 Å². The summed E-state index contributed by atoms with van der Waals surface area (Å²) in [6.07, 6.45) is 4.53. The van der Waals surface area contributed by atoms with Crippen molar-refractivity contribution in [2.24, 2.45) is 5.73 Å². The Bertz CT molecular complexity index is 247. The molecule has 1 aromatic heterocycles. The summed E-state index contributed by atoms with van der Waals surface area (Å²) in [7, 11) is 0. The second-order valence-electron chi connectivity index (χ2n) is 3.31. The van der Waals surface area contributed by atoms with Gasteiger partial charge >= 0.3 is 0 Å². The van der Waals surface area contributed by atoms with Gasteiger partial charge in [-0.1, -0.05) is 31.4 Å². The number of nitrogens with two attached hydrogens (primary N) is 1. The lowest BCUT2D eigenvalue weighted by atomic mass is 10.1. The number of unbranched alkanes of at least 4 members (excludes halogenated alkanes) is 1. The van der Waals surface area contributed by atoms with Crippen molar-refractivity contribution in [1.82, 2.24) is 0 Å². The lowest BCUT2D eigenvalue weighted by molar-refractivity contribution is 0.577. The summed E-state index contributed by atoms with van der Waals surface area (Å²) in [6, 6.07) is 4.31. The standard InChI is InChI=1S/C10H16ClNS/c1-2-3-4-8(12)7-9-5-6-10(11)13-9/h5-6,8H,2-4,7,12H2,1H3. The Labute approximate surface area is 88.9 Å². The number of thiophene rings is 1. The maximum Gasteiger partial charge on any atom is 0.0931 e. The van der Waals surface area contributed by atoms with Crippen molar-refractivity contribution in [2.45, 2.75) is 38.6 Å². The molecule has 1 nitrogen and oxygen atoms in total. The molecule has 0 saturated heterocycles. The first kappa shape index (κ1) is 11.0. The van der Waals surface area contributed by atoms with E-state index in [4.69, 9.17) is 17.3 Å². The minimum atomic E-state index is 0.301. The Kier molecular flexibility index (Phi) is 4.78. The largest absolute Gasteiger partial charge is 0.327 e. The van der Waals surface area contributed by atoms with E-state index in [1.165, 1.54) is 17.7 Å². The van der Waals surface area contributed by atoms with Crippen molar-refractivity contribution in [3.63, 3.8) is 0 Å². The molecule has 0 spiro atoms. The quantitative estimate of drug-likeness (QED) is 0.803. The zero-order valence-corrected chi connectivity index (χ0v) is 9.50. The Balaban J connectivity index is 2.31. The van der Waals surface area contributed by atoms with Gasteiger partial charge in [0.05, 0.1) is 4.34 Å². The van der Waals surface area contributed by atoms with Gasteiger partial charge in [-0.25, -0.2) is 0 Å². The molecule has 0 bridgehead atoms. The fourth-order valence-corrected chi connectivity index (χ4v) is 2.47. The van der Waals surface area contributed by atoms with Crippen LogP contribution in [-0.2, 0) is 6.42 Å². The van der Waals surface area contributed by atoms with Gasteiger partial charge in [0, 0.05) is 10.9 Å². The summed E-state index contributed by atoms with van der Waals surface area (Å²) >= 11 is 7.46. The molecule has 1 heterocycles. The summed E-state index contributed by atoms with van der Waals surface area (Å²) in [4.78, 5) is 1.30. The Morgan fingerprint density at radius 1 is 1.54 bits per heavy atom. The summed E-state index contributed by atoms with van der Waals surface area (Å²) in [5.74, 6) is 0. The van der Waals surface area contributed by atoms with E-state index >= 15 is 0 Å². The molecule has 1 unspecified atom stereocenters. The van der Waals surface area contributed by atoms with Gasteiger partial charge in [0.1, 0.15) is 0 Å². The average molecular weight is 218 g/mol. The molecule has 0 aliphatic heterocycles. The van der Waals surface area contributed by atoms with Gasteiger partial charge in [-0.3, -0.25) is 0 Å². The Morgan fingerprint density at radius 3 is 2.85 bits per heavy atom. The highest BCUT2D eigenvalue weighted by Gasteiger charge is 2.05. The van der Waals surface area contributed by atoms with Crippen molar-refractivity contribution in [3.05, 3.63) is 21.3 Å². The van der Waals surface area contributed by atoms with Crippen LogP contribution in [0.1, 0.15) is 31.1 Å². The van der Waals surface area contributed by atoms with Gasteiger partial charge in [0.25, 0.3) is 0 Å². The third kappa shape index (κ3) is 4.12. The van der Waals surface area contributed by atoms with Crippen LogP contribution < -0.4 is 5.73 Å². The van der Waals surface area contributed by atoms with Crippen LogP contribution in [0.5, 0.6) is 0 Å². The van der Waals surface area contributed by atoms with E-state index in [0.29, 0.717) is 6.04 Å². The molecular weight excluding hydrogens is 202 g/mol. The van der Waals surface area contributed by atoms with Gasteiger partial charge in [0.15, 0.2) is 0 Å². The van der Waals surface area contributed by atoms with E-state index in [1.807, 2.05) is 6.07 Å². The molecular formula is C10H16ClNS. The van der Waals surface area contributed by atoms with Crippen LogP contribution >= 0.6 is 22.9 Å². The van der Waals surface area contributed by atoms with Gasteiger partial charge in [-0.15, -0.1) is 11.3 Å². The molecule has 0 aromatic carbocycles. The monoisotopic (exact) mass is 217 g/mol. The fraction of sp³-hybridized carbons (Fsp3) is 0.600. The van der Waals surface area contributed by atoms with Crippen LogP contribution in [0.2, 0.25) is 4.34 Å². The van der Waals surface area contributed by atoms with Gasteiger partial charge in [-0.2, -0.15) is 0 Å².